The van der Waals surface area contributed by atoms with Crippen molar-refractivity contribution in [1.29, 1.82) is 0 Å². The van der Waals surface area contributed by atoms with Crippen LogP contribution in [0, 0.1) is 0 Å². The minimum atomic E-state index is -0.876. The van der Waals surface area contributed by atoms with Crippen LogP contribution in [0.3, 0.4) is 0 Å². The number of halogens is 1. The van der Waals surface area contributed by atoms with Gasteiger partial charge in [0.1, 0.15) is 5.75 Å². The molecule has 0 spiro atoms. The first kappa shape index (κ1) is 25.5. The molecule has 0 bridgehead atoms. The first-order valence-electron chi connectivity index (χ1n) is 12.7. The Morgan fingerprint density at radius 2 is 1.84 bits per heavy atom. The van der Waals surface area contributed by atoms with E-state index in [1.165, 1.54) is 0 Å². The van der Waals surface area contributed by atoms with E-state index in [0.717, 1.165) is 67.3 Å². The quantitative estimate of drug-likeness (QED) is 0.398. The number of methoxy groups -OCH3 is 1. The third kappa shape index (κ3) is 5.17. The molecule has 2 aromatic carbocycles. The number of nitrogens with one attached hydrogen (secondary N) is 2. The van der Waals surface area contributed by atoms with Crippen LogP contribution in [0.1, 0.15) is 32.4 Å². The van der Waals surface area contributed by atoms with E-state index in [2.05, 4.69) is 15.6 Å². The average molecular weight is 521 g/mol. The fraction of sp³-hybridized carbons (Fsp3) is 0.379. The van der Waals surface area contributed by atoms with Crippen LogP contribution in [0.25, 0.3) is 11.1 Å². The van der Waals surface area contributed by atoms with E-state index in [9.17, 15) is 4.79 Å². The molecule has 1 amide bonds. The van der Waals surface area contributed by atoms with E-state index >= 15 is 0 Å². The summed E-state index contributed by atoms with van der Waals surface area (Å²) in [7, 11) is 1.62. The van der Waals surface area contributed by atoms with Gasteiger partial charge in [0, 0.05) is 67.1 Å². The Labute approximate surface area is 223 Å². The second kappa shape index (κ2) is 10.7. The van der Waals surface area contributed by atoms with Crippen molar-refractivity contribution in [3.8, 4) is 16.9 Å². The van der Waals surface area contributed by atoms with Crippen molar-refractivity contribution in [1.82, 2.24) is 10.3 Å². The molecular formula is C29H33ClN4O3. The van der Waals surface area contributed by atoms with E-state index in [-0.39, 0.29) is 5.91 Å². The number of rotatable bonds is 7. The Kier molecular flexibility index (Phi) is 7.38. The summed E-state index contributed by atoms with van der Waals surface area (Å²) in [6, 6.07) is 16.1. The molecule has 0 aliphatic carbocycles. The maximum absolute atomic E-state index is 14.1. The first-order valence-corrected chi connectivity index (χ1v) is 13.1. The number of pyridine rings is 1. The van der Waals surface area contributed by atoms with Gasteiger partial charge in [0.2, 0.25) is 5.91 Å². The Morgan fingerprint density at radius 1 is 1.08 bits per heavy atom. The van der Waals surface area contributed by atoms with Gasteiger partial charge < -0.3 is 20.1 Å². The summed E-state index contributed by atoms with van der Waals surface area (Å²) < 4.78 is 10.9. The van der Waals surface area contributed by atoms with E-state index in [1.807, 2.05) is 62.4 Å². The summed E-state index contributed by atoms with van der Waals surface area (Å²) in [5.41, 5.74) is 4.07. The van der Waals surface area contributed by atoms with Gasteiger partial charge in [-0.2, -0.15) is 0 Å². The van der Waals surface area contributed by atoms with Crippen LogP contribution in [0.5, 0.6) is 5.75 Å². The molecule has 2 N–H and O–H groups in total. The Morgan fingerprint density at radius 3 is 2.57 bits per heavy atom. The lowest BCUT2D eigenvalue weighted by Crippen LogP contribution is -2.40. The molecular weight excluding hydrogens is 488 g/mol. The van der Waals surface area contributed by atoms with Crippen molar-refractivity contribution in [2.75, 3.05) is 43.6 Å². The lowest BCUT2D eigenvalue weighted by Gasteiger charge is -2.30. The van der Waals surface area contributed by atoms with Gasteiger partial charge in [-0.3, -0.25) is 14.7 Å². The Bertz CT molecular complexity index is 1270. The molecule has 0 unspecified atom stereocenters. The number of benzene rings is 2. The van der Waals surface area contributed by atoms with Gasteiger partial charge in [-0.25, -0.2) is 0 Å². The molecule has 1 aromatic heterocycles. The van der Waals surface area contributed by atoms with Gasteiger partial charge in [-0.05, 0) is 69.2 Å². The third-order valence-corrected chi connectivity index (χ3v) is 7.36. The second-order valence-electron chi connectivity index (χ2n) is 10.0. The van der Waals surface area contributed by atoms with Crippen molar-refractivity contribution < 1.29 is 14.3 Å². The van der Waals surface area contributed by atoms with E-state index in [4.69, 9.17) is 21.1 Å². The highest BCUT2D eigenvalue weighted by Gasteiger charge is 2.42. The Hall–Kier alpha value is -3.13. The largest absolute Gasteiger partial charge is 0.497 e. The van der Waals surface area contributed by atoms with Crippen molar-refractivity contribution in [3.05, 3.63) is 65.4 Å². The van der Waals surface area contributed by atoms with Crippen molar-refractivity contribution >= 4 is 34.6 Å². The predicted molar refractivity (Wildman–Crippen MR) is 148 cm³/mol. The molecule has 1 fully saturated rings. The number of aromatic nitrogens is 1. The maximum atomic E-state index is 14.1. The molecule has 7 nitrogen and oxygen atoms in total. The number of carbonyl (C=O) groups is 1. The smallest absolute Gasteiger partial charge is 0.243 e. The fourth-order valence-corrected chi connectivity index (χ4v) is 5.21. The normalized spacial score (nSPS) is 17.1. The van der Waals surface area contributed by atoms with Crippen LogP contribution in [-0.2, 0) is 14.9 Å². The highest BCUT2D eigenvalue weighted by Crippen LogP contribution is 2.47. The molecule has 2 aliphatic heterocycles. The zero-order chi connectivity index (χ0) is 26.0. The number of carbonyl (C=O) groups excluding carboxylic acids is 1. The van der Waals surface area contributed by atoms with Gasteiger partial charge in [0.25, 0.3) is 0 Å². The third-order valence-electron chi connectivity index (χ3n) is 7.15. The molecule has 37 heavy (non-hydrogen) atoms. The minimum absolute atomic E-state index is 0.0723. The molecule has 8 heteroatoms. The van der Waals surface area contributed by atoms with Crippen LogP contribution in [-0.4, -0.2) is 50.3 Å². The fourth-order valence-electron chi connectivity index (χ4n) is 5.05. The van der Waals surface area contributed by atoms with Crippen LogP contribution < -0.4 is 20.3 Å². The Balaban J connectivity index is 1.42. The lowest BCUT2D eigenvalue weighted by molar-refractivity contribution is -0.122. The zero-order valence-corrected chi connectivity index (χ0v) is 22.3. The number of fused-ring (bicyclic) bond motifs is 3. The summed E-state index contributed by atoms with van der Waals surface area (Å²) in [6.45, 7) is 7.18. The molecule has 194 valence electrons. The highest BCUT2D eigenvalue weighted by atomic mass is 35.5. The number of nitrogens with zero attached hydrogens (tertiary/aromatic N) is 2. The summed E-state index contributed by atoms with van der Waals surface area (Å²) in [4.78, 5) is 20.5. The van der Waals surface area contributed by atoms with E-state index < -0.39 is 5.41 Å². The standard InChI is InChI=1S/C29H33ClN4O3/c1-29(2)27-25(16-19(30)18-33-27)24-9-8-23(36-3)17-26(24)34(28(29)35)22-6-4-20(5-7-22)31-12-13-32-21-10-14-37-15-11-21/h4-9,16-18,21,31-32H,10-15H2,1-3H3. The van der Waals surface area contributed by atoms with Crippen LogP contribution >= 0.6 is 11.6 Å². The molecule has 3 heterocycles. The summed E-state index contributed by atoms with van der Waals surface area (Å²) >= 11 is 6.35. The van der Waals surface area contributed by atoms with Gasteiger partial charge in [0.15, 0.2) is 0 Å². The van der Waals surface area contributed by atoms with E-state index in [1.54, 1.807) is 18.2 Å². The molecule has 1 saturated heterocycles. The highest BCUT2D eigenvalue weighted by molar-refractivity contribution is 6.31. The monoisotopic (exact) mass is 520 g/mol. The number of hydrogen-bond donors (Lipinski definition) is 2. The van der Waals surface area contributed by atoms with Gasteiger partial charge in [-0.1, -0.05) is 11.6 Å². The van der Waals surface area contributed by atoms with Gasteiger partial charge in [0.05, 0.1) is 28.9 Å². The number of anilines is 3. The summed E-state index contributed by atoms with van der Waals surface area (Å²) in [5, 5.41) is 7.59. The van der Waals surface area contributed by atoms with Gasteiger partial charge in [-0.15, -0.1) is 0 Å². The van der Waals surface area contributed by atoms with Crippen molar-refractivity contribution in [3.63, 3.8) is 0 Å². The molecule has 0 saturated carbocycles. The molecule has 0 atom stereocenters. The number of amides is 1. The van der Waals surface area contributed by atoms with Crippen LogP contribution in [0.15, 0.2) is 54.7 Å². The van der Waals surface area contributed by atoms with Gasteiger partial charge >= 0.3 is 0 Å². The topological polar surface area (TPSA) is 75.7 Å². The minimum Gasteiger partial charge on any atom is -0.497 e. The summed E-state index contributed by atoms with van der Waals surface area (Å²) in [6.07, 6.45) is 3.73. The number of ether oxygens (including phenoxy) is 2. The first-order chi connectivity index (χ1) is 17.9. The molecule has 3 aromatic rings. The van der Waals surface area contributed by atoms with Crippen molar-refractivity contribution in [2.24, 2.45) is 0 Å². The summed E-state index contributed by atoms with van der Waals surface area (Å²) in [5.74, 6) is 0.597. The SMILES string of the molecule is COc1ccc2c(c1)N(c1ccc(NCCNC3CCOCC3)cc1)C(=O)C(C)(C)c1ncc(Cl)cc1-2. The van der Waals surface area contributed by atoms with Crippen LogP contribution in [0.4, 0.5) is 17.1 Å². The zero-order valence-electron chi connectivity index (χ0n) is 21.5. The van der Waals surface area contributed by atoms with Crippen LogP contribution in [0.2, 0.25) is 5.02 Å². The molecule has 2 aliphatic rings. The average Bonchev–Trinajstić information content (AvgIpc) is 2.98. The molecule has 0 radical (unpaired) electrons. The lowest BCUT2D eigenvalue weighted by atomic mass is 9.84. The van der Waals surface area contributed by atoms with Crippen molar-refractivity contribution in [2.45, 2.75) is 38.1 Å². The predicted octanol–water partition coefficient (Wildman–Crippen LogP) is 5.55. The van der Waals surface area contributed by atoms with E-state index in [0.29, 0.717) is 22.5 Å². The molecule has 5 rings (SSSR count). The second-order valence-corrected chi connectivity index (χ2v) is 10.4. The maximum Gasteiger partial charge on any atom is 0.243 e. The number of hydrogen-bond acceptors (Lipinski definition) is 6.